The fourth-order valence-corrected chi connectivity index (χ4v) is 5.20. The first-order valence-electron chi connectivity index (χ1n) is 11.2. The van der Waals surface area contributed by atoms with E-state index in [0.29, 0.717) is 62.6 Å². The van der Waals surface area contributed by atoms with Gasteiger partial charge in [-0.25, -0.2) is 13.4 Å². The molecule has 2 fully saturated rings. The molecule has 2 aliphatic rings. The van der Waals surface area contributed by atoms with E-state index >= 15 is 0 Å². The van der Waals surface area contributed by atoms with Crippen molar-refractivity contribution < 1.29 is 17.9 Å². The lowest BCUT2D eigenvalue weighted by Crippen LogP contribution is -2.49. The first-order chi connectivity index (χ1) is 15.6. The van der Waals surface area contributed by atoms with Crippen molar-refractivity contribution in [3.8, 4) is 5.75 Å². The van der Waals surface area contributed by atoms with Crippen LogP contribution in [0, 0.1) is 0 Å². The lowest BCUT2D eigenvalue weighted by molar-refractivity contribution is 0.122. The highest BCUT2D eigenvalue weighted by molar-refractivity contribution is 7.89. The molecule has 0 unspecified atom stereocenters. The lowest BCUT2D eigenvalue weighted by Gasteiger charge is -2.35. The minimum atomic E-state index is -3.54. The van der Waals surface area contributed by atoms with Gasteiger partial charge in [-0.2, -0.15) is 9.29 Å². The molecule has 2 aromatic rings. The van der Waals surface area contributed by atoms with Crippen molar-refractivity contribution in [1.29, 1.82) is 0 Å². The van der Waals surface area contributed by atoms with Crippen LogP contribution in [0.15, 0.2) is 41.4 Å². The van der Waals surface area contributed by atoms with E-state index in [0.717, 1.165) is 31.7 Å². The second-order valence-electron chi connectivity index (χ2n) is 7.88. The van der Waals surface area contributed by atoms with Crippen molar-refractivity contribution in [3.05, 3.63) is 36.5 Å². The molecule has 3 heterocycles. The summed E-state index contributed by atoms with van der Waals surface area (Å²) in [6.07, 6.45) is 3.80. The molecule has 174 valence electrons. The second-order valence-corrected chi connectivity index (χ2v) is 9.82. The Morgan fingerprint density at radius 1 is 0.969 bits per heavy atom. The maximum atomic E-state index is 13.1. The Hall–Kier alpha value is -2.43. The van der Waals surface area contributed by atoms with Crippen LogP contribution in [-0.4, -0.2) is 81.8 Å². The molecule has 0 spiro atoms. The van der Waals surface area contributed by atoms with E-state index < -0.39 is 10.0 Å². The highest BCUT2D eigenvalue weighted by Crippen LogP contribution is 2.23. The summed E-state index contributed by atoms with van der Waals surface area (Å²) in [7, 11) is -3.54. The van der Waals surface area contributed by atoms with Crippen molar-refractivity contribution in [2.45, 2.75) is 24.7 Å². The maximum absolute atomic E-state index is 13.1. The molecule has 2 saturated heterocycles. The van der Waals surface area contributed by atoms with Crippen molar-refractivity contribution in [1.82, 2.24) is 14.3 Å². The van der Waals surface area contributed by atoms with Gasteiger partial charge in [0.05, 0.1) is 24.7 Å². The monoisotopic (exact) mass is 461 g/mol. The van der Waals surface area contributed by atoms with Crippen LogP contribution in [0.5, 0.6) is 5.75 Å². The SMILES string of the molecule is CCCCOc1ccc(S(=O)(=O)N2CCN(c3ccnc(N4CCOCC4)n3)CC2)cc1. The molecule has 9 nitrogen and oxygen atoms in total. The summed E-state index contributed by atoms with van der Waals surface area (Å²) in [5.74, 6) is 2.22. The molecule has 0 amide bonds. The molecule has 0 atom stereocenters. The minimum absolute atomic E-state index is 0.297. The Labute approximate surface area is 190 Å². The van der Waals surface area contributed by atoms with Gasteiger partial charge in [-0.05, 0) is 36.8 Å². The normalized spacial score (nSPS) is 18.0. The lowest BCUT2D eigenvalue weighted by atomic mass is 10.3. The van der Waals surface area contributed by atoms with Crippen LogP contribution in [0.25, 0.3) is 0 Å². The number of rotatable bonds is 8. The summed E-state index contributed by atoms with van der Waals surface area (Å²) >= 11 is 0. The topological polar surface area (TPSA) is 88.1 Å². The molecule has 1 aromatic heterocycles. The largest absolute Gasteiger partial charge is 0.494 e. The van der Waals surface area contributed by atoms with E-state index in [-0.39, 0.29) is 0 Å². The number of unbranched alkanes of at least 4 members (excludes halogenated alkanes) is 1. The van der Waals surface area contributed by atoms with Gasteiger partial charge in [-0.3, -0.25) is 0 Å². The summed E-state index contributed by atoms with van der Waals surface area (Å²) in [6.45, 7) is 7.63. The molecular weight excluding hydrogens is 430 g/mol. The van der Waals surface area contributed by atoms with Crippen molar-refractivity contribution in [3.63, 3.8) is 0 Å². The van der Waals surface area contributed by atoms with Gasteiger partial charge in [-0.15, -0.1) is 0 Å². The second kappa shape index (κ2) is 10.5. The van der Waals surface area contributed by atoms with Gasteiger partial charge >= 0.3 is 0 Å². The third-order valence-corrected chi connectivity index (χ3v) is 7.63. The van der Waals surface area contributed by atoms with Crippen LogP contribution in [0.4, 0.5) is 11.8 Å². The quantitative estimate of drug-likeness (QED) is 0.552. The Bertz CT molecular complexity index is 972. The minimum Gasteiger partial charge on any atom is -0.494 e. The number of hydrogen-bond donors (Lipinski definition) is 0. The van der Waals surface area contributed by atoms with Crippen LogP contribution in [0.1, 0.15) is 19.8 Å². The number of benzene rings is 1. The van der Waals surface area contributed by atoms with E-state index in [1.807, 2.05) is 6.07 Å². The number of nitrogens with zero attached hydrogens (tertiary/aromatic N) is 5. The van der Waals surface area contributed by atoms with Crippen molar-refractivity contribution in [2.75, 3.05) is 68.9 Å². The Morgan fingerprint density at radius 2 is 1.69 bits per heavy atom. The average molecular weight is 462 g/mol. The van der Waals surface area contributed by atoms with E-state index in [9.17, 15) is 8.42 Å². The number of sulfonamides is 1. The van der Waals surface area contributed by atoms with Gasteiger partial charge in [0.25, 0.3) is 0 Å². The first-order valence-corrected chi connectivity index (χ1v) is 12.7. The predicted octanol–water partition coefficient (Wildman–Crippen LogP) is 2.00. The van der Waals surface area contributed by atoms with Gasteiger partial charge < -0.3 is 19.3 Å². The van der Waals surface area contributed by atoms with E-state index in [2.05, 4.69) is 21.7 Å². The highest BCUT2D eigenvalue weighted by atomic mass is 32.2. The highest BCUT2D eigenvalue weighted by Gasteiger charge is 2.29. The molecule has 1 aromatic carbocycles. The van der Waals surface area contributed by atoms with E-state index in [4.69, 9.17) is 14.5 Å². The standard InChI is InChI=1S/C22H31N5O4S/c1-2-3-16-31-19-4-6-20(7-5-19)32(28,29)27-12-10-25(11-13-27)21-8-9-23-22(24-21)26-14-17-30-18-15-26/h4-9H,2-3,10-18H2,1H3. The summed E-state index contributed by atoms with van der Waals surface area (Å²) < 4.78 is 38.8. The Kier molecular flexibility index (Phi) is 7.44. The van der Waals surface area contributed by atoms with Gasteiger partial charge in [0, 0.05) is 45.5 Å². The van der Waals surface area contributed by atoms with Gasteiger partial charge in [0.2, 0.25) is 16.0 Å². The molecule has 0 saturated carbocycles. The molecular formula is C22H31N5O4S. The summed E-state index contributed by atoms with van der Waals surface area (Å²) in [5, 5.41) is 0. The summed E-state index contributed by atoms with van der Waals surface area (Å²) in [6, 6.07) is 8.59. The third kappa shape index (κ3) is 5.31. The van der Waals surface area contributed by atoms with Gasteiger partial charge in [0.1, 0.15) is 11.6 Å². The maximum Gasteiger partial charge on any atom is 0.243 e. The zero-order chi connectivity index (χ0) is 22.4. The molecule has 4 rings (SSSR count). The molecule has 0 bridgehead atoms. The van der Waals surface area contributed by atoms with Crippen LogP contribution in [0.3, 0.4) is 0 Å². The van der Waals surface area contributed by atoms with Crippen LogP contribution < -0.4 is 14.5 Å². The van der Waals surface area contributed by atoms with Crippen molar-refractivity contribution in [2.24, 2.45) is 0 Å². The molecule has 10 heteroatoms. The van der Waals surface area contributed by atoms with E-state index in [1.54, 1.807) is 34.8 Å². The van der Waals surface area contributed by atoms with Crippen LogP contribution in [-0.2, 0) is 14.8 Å². The Balaban J connectivity index is 1.36. The number of hydrogen-bond acceptors (Lipinski definition) is 8. The number of anilines is 2. The van der Waals surface area contributed by atoms with Gasteiger partial charge in [0.15, 0.2) is 0 Å². The molecule has 32 heavy (non-hydrogen) atoms. The molecule has 0 N–H and O–H groups in total. The zero-order valence-electron chi connectivity index (χ0n) is 18.5. The smallest absolute Gasteiger partial charge is 0.243 e. The van der Waals surface area contributed by atoms with Crippen LogP contribution in [0.2, 0.25) is 0 Å². The fraction of sp³-hybridized carbons (Fsp3) is 0.545. The predicted molar refractivity (Wildman–Crippen MR) is 123 cm³/mol. The number of morpholine rings is 1. The zero-order valence-corrected chi connectivity index (χ0v) is 19.3. The molecule has 2 aliphatic heterocycles. The van der Waals surface area contributed by atoms with Gasteiger partial charge in [-0.1, -0.05) is 13.3 Å². The van der Waals surface area contributed by atoms with Crippen molar-refractivity contribution >= 4 is 21.8 Å². The first kappa shape index (κ1) is 22.8. The summed E-state index contributed by atoms with van der Waals surface area (Å²) in [4.78, 5) is 13.6. The molecule has 0 aliphatic carbocycles. The van der Waals surface area contributed by atoms with E-state index in [1.165, 1.54) is 0 Å². The number of aromatic nitrogens is 2. The number of ether oxygens (including phenoxy) is 2. The average Bonchev–Trinajstić information content (AvgIpc) is 2.85. The van der Waals surface area contributed by atoms with Crippen LogP contribution >= 0.6 is 0 Å². The summed E-state index contributed by atoms with van der Waals surface area (Å²) in [5.41, 5.74) is 0. The fourth-order valence-electron chi connectivity index (χ4n) is 3.78. The molecule has 0 radical (unpaired) electrons. The Morgan fingerprint density at radius 3 is 2.38 bits per heavy atom. The number of piperazine rings is 1. The third-order valence-electron chi connectivity index (χ3n) is 5.71.